The maximum absolute atomic E-state index is 14.1. The van der Waals surface area contributed by atoms with Gasteiger partial charge in [-0.3, -0.25) is 0 Å². The average molecular weight is 371 g/mol. The molecule has 0 saturated heterocycles. The van der Waals surface area contributed by atoms with Crippen LogP contribution in [0.4, 0.5) is 18.9 Å². The van der Waals surface area contributed by atoms with E-state index in [0.29, 0.717) is 6.21 Å². The molecule has 1 heterocycles. The molecular formula is C16H14ClF3N4O. The zero-order valence-electron chi connectivity index (χ0n) is 13.0. The van der Waals surface area contributed by atoms with Crippen LogP contribution in [0, 0.1) is 17.4 Å². The zero-order chi connectivity index (χ0) is 18.1. The minimum atomic E-state index is -4.77. The van der Waals surface area contributed by atoms with Crippen molar-refractivity contribution in [2.75, 3.05) is 11.9 Å². The van der Waals surface area contributed by atoms with Crippen molar-refractivity contribution in [1.29, 1.82) is 5.26 Å². The third-order valence-corrected chi connectivity index (χ3v) is 4.58. The summed E-state index contributed by atoms with van der Waals surface area (Å²) in [5.74, 6) is -0.150. The first-order chi connectivity index (χ1) is 11.9. The van der Waals surface area contributed by atoms with Crippen molar-refractivity contribution in [2.45, 2.75) is 31.0 Å². The molecule has 0 bridgehead atoms. The van der Waals surface area contributed by atoms with Gasteiger partial charge in [-0.1, -0.05) is 18.0 Å². The van der Waals surface area contributed by atoms with Crippen LogP contribution in [0.25, 0.3) is 0 Å². The SMILES string of the molecule is N#CN=C1N=C[C@@](OCC2CCC2)(C(F)(F)F)c2cc(Cl)ccc2N1. The van der Waals surface area contributed by atoms with Crippen molar-refractivity contribution in [2.24, 2.45) is 15.9 Å². The lowest BCUT2D eigenvalue weighted by Crippen LogP contribution is -2.47. The Kier molecular flexibility index (Phi) is 4.71. The van der Waals surface area contributed by atoms with Gasteiger partial charge in [0.25, 0.3) is 0 Å². The van der Waals surface area contributed by atoms with E-state index < -0.39 is 11.8 Å². The number of alkyl halides is 3. The van der Waals surface area contributed by atoms with E-state index in [-0.39, 0.29) is 34.8 Å². The van der Waals surface area contributed by atoms with Crippen LogP contribution < -0.4 is 5.32 Å². The van der Waals surface area contributed by atoms with Crippen molar-refractivity contribution in [3.63, 3.8) is 0 Å². The van der Waals surface area contributed by atoms with Gasteiger partial charge in [0.2, 0.25) is 17.8 Å². The Hall–Kier alpha value is -2.11. The molecule has 1 atom stereocenters. The molecule has 2 aliphatic rings. The highest BCUT2D eigenvalue weighted by Gasteiger charge is 2.58. The van der Waals surface area contributed by atoms with Crippen molar-refractivity contribution < 1.29 is 17.9 Å². The highest BCUT2D eigenvalue weighted by Crippen LogP contribution is 2.46. The molecule has 1 aromatic rings. The molecule has 3 rings (SSSR count). The van der Waals surface area contributed by atoms with Gasteiger partial charge in [-0.25, -0.2) is 4.99 Å². The van der Waals surface area contributed by atoms with Crippen LogP contribution in [-0.2, 0) is 10.3 Å². The summed E-state index contributed by atoms with van der Waals surface area (Å²) < 4.78 is 47.7. The number of rotatable bonds is 3. The number of ether oxygens (including phenoxy) is 1. The number of hydrogen-bond acceptors (Lipinski definition) is 3. The number of fused-ring (bicyclic) bond motifs is 1. The number of anilines is 1. The largest absolute Gasteiger partial charge is 0.427 e. The van der Waals surface area contributed by atoms with Crippen molar-refractivity contribution in [1.82, 2.24) is 0 Å². The number of nitrogens with zero attached hydrogens (tertiary/aromatic N) is 3. The Bertz CT molecular complexity index is 768. The molecule has 0 unspecified atom stereocenters. The van der Waals surface area contributed by atoms with Crippen LogP contribution in [0.2, 0.25) is 5.02 Å². The fraction of sp³-hybridized carbons (Fsp3) is 0.438. The van der Waals surface area contributed by atoms with Crippen molar-refractivity contribution in [3.05, 3.63) is 28.8 Å². The van der Waals surface area contributed by atoms with Crippen molar-refractivity contribution in [3.8, 4) is 6.19 Å². The average Bonchev–Trinajstić information content (AvgIpc) is 2.64. The maximum Gasteiger partial charge on any atom is 0.427 e. The van der Waals surface area contributed by atoms with Gasteiger partial charge < -0.3 is 10.1 Å². The lowest BCUT2D eigenvalue weighted by atomic mass is 9.85. The molecule has 0 spiro atoms. The predicted octanol–water partition coefficient (Wildman–Crippen LogP) is 4.25. The topological polar surface area (TPSA) is 69.8 Å². The Labute approximate surface area is 147 Å². The van der Waals surface area contributed by atoms with E-state index >= 15 is 0 Å². The Morgan fingerprint density at radius 1 is 1.44 bits per heavy atom. The van der Waals surface area contributed by atoms with Gasteiger partial charge in [-0.15, -0.1) is 4.99 Å². The quantitative estimate of drug-likeness (QED) is 0.809. The lowest BCUT2D eigenvalue weighted by Gasteiger charge is -2.36. The Balaban J connectivity index is 2.13. The Morgan fingerprint density at radius 3 is 2.80 bits per heavy atom. The van der Waals surface area contributed by atoms with Gasteiger partial charge in [0.15, 0.2) is 0 Å². The first-order valence-electron chi connectivity index (χ1n) is 7.65. The van der Waals surface area contributed by atoms with E-state index in [9.17, 15) is 13.2 Å². The second-order valence-corrected chi connectivity index (χ2v) is 6.39. The summed E-state index contributed by atoms with van der Waals surface area (Å²) in [4.78, 5) is 7.09. The van der Waals surface area contributed by atoms with Gasteiger partial charge >= 0.3 is 6.18 Å². The summed E-state index contributed by atoms with van der Waals surface area (Å²) in [6.07, 6.45) is 0.0515. The standard InChI is InChI=1S/C16H14ClF3N4O/c17-11-4-5-13-12(6-11)15(16(18,19)20,25-7-10-2-1-3-10)8-22-14(24-13)23-9-21/h4-6,8,10H,1-3,7H2,(H,23,24)/t15-/m0/s1. The second-order valence-electron chi connectivity index (χ2n) is 5.95. The van der Waals surface area contributed by atoms with Crippen LogP contribution in [-0.4, -0.2) is 25.0 Å². The number of nitrogens with one attached hydrogen (secondary N) is 1. The molecule has 0 radical (unpaired) electrons. The fourth-order valence-electron chi connectivity index (χ4n) is 2.74. The monoisotopic (exact) mass is 370 g/mol. The van der Waals surface area contributed by atoms with Crippen LogP contribution in [0.15, 0.2) is 28.2 Å². The smallest absolute Gasteiger partial charge is 0.356 e. The van der Waals surface area contributed by atoms with Gasteiger partial charge in [-0.2, -0.15) is 18.4 Å². The molecule has 1 N–H and O–H groups in total. The zero-order valence-corrected chi connectivity index (χ0v) is 13.7. The normalized spacial score (nSPS) is 24.8. The maximum atomic E-state index is 14.1. The van der Waals surface area contributed by atoms with E-state index in [2.05, 4.69) is 15.3 Å². The minimum Gasteiger partial charge on any atom is -0.356 e. The van der Waals surface area contributed by atoms with E-state index in [4.69, 9.17) is 21.6 Å². The third kappa shape index (κ3) is 3.34. The lowest BCUT2D eigenvalue weighted by molar-refractivity contribution is -0.256. The second kappa shape index (κ2) is 6.65. The van der Waals surface area contributed by atoms with Crippen LogP contribution in [0.3, 0.4) is 0 Å². The fourth-order valence-corrected chi connectivity index (χ4v) is 2.91. The number of benzene rings is 1. The van der Waals surface area contributed by atoms with Gasteiger partial charge in [0, 0.05) is 16.3 Å². The Morgan fingerprint density at radius 2 is 2.20 bits per heavy atom. The number of hydrogen-bond donors (Lipinski definition) is 1. The molecule has 1 saturated carbocycles. The molecule has 9 heteroatoms. The van der Waals surface area contributed by atoms with E-state index in [0.717, 1.165) is 19.3 Å². The highest BCUT2D eigenvalue weighted by atomic mass is 35.5. The molecule has 132 valence electrons. The van der Waals surface area contributed by atoms with E-state index in [1.165, 1.54) is 24.4 Å². The molecule has 0 aromatic heterocycles. The molecular weight excluding hydrogens is 357 g/mol. The number of aliphatic imine (C=N–C) groups is 2. The predicted molar refractivity (Wildman–Crippen MR) is 87.6 cm³/mol. The van der Waals surface area contributed by atoms with Crippen LogP contribution >= 0.6 is 11.6 Å². The van der Waals surface area contributed by atoms with Crippen molar-refractivity contribution >= 4 is 29.5 Å². The number of guanidine groups is 1. The molecule has 1 aliphatic carbocycles. The van der Waals surface area contributed by atoms with E-state index in [1.54, 1.807) is 0 Å². The summed E-state index contributed by atoms with van der Waals surface area (Å²) in [5, 5.41) is 11.4. The van der Waals surface area contributed by atoms with E-state index in [1.807, 2.05) is 0 Å². The molecule has 1 aliphatic heterocycles. The van der Waals surface area contributed by atoms with Crippen LogP contribution in [0.1, 0.15) is 24.8 Å². The van der Waals surface area contributed by atoms with Crippen LogP contribution in [0.5, 0.6) is 0 Å². The van der Waals surface area contributed by atoms with Gasteiger partial charge in [-0.05, 0) is 37.0 Å². The van der Waals surface area contributed by atoms with Gasteiger partial charge in [0.1, 0.15) is 0 Å². The molecule has 5 nitrogen and oxygen atoms in total. The summed E-state index contributed by atoms with van der Waals surface area (Å²) in [6.45, 7) is -0.0395. The first-order valence-corrected chi connectivity index (χ1v) is 8.03. The highest BCUT2D eigenvalue weighted by molar-refractivity contribution is 6.30. The molecule has 25 heavy (non-hydrogen) atoms. The summed E-state index contributed by atoms with van der Waals surface area (Å²) in [7, 11) is 0. The minimum absolute atomic E-state index is 0.0395. The summed E-state index contributed by atoms with van der Waals surface area (Å²) in [6, 6.07) is 4.02. The number of halogens is 4. The third-order valence-electron chi connectivity index (χ3n) is 4.35. The molecule has 0 amide bonds. The molecule has 1 aromatic carbocycles. The van der Waals surface area contributed by atoms with Gasteiger partial charge in [0.05, 0.1) is 12.8 Å². The summed E-state index contributed by atoms with van der Waals surface area (Å²) in [5.41, 5.74) is -2.89. The number of nitriles is 1. The molecule has 1 fully saturated rings. The summed E-state index contributed by atoms with van der Waals surface area (Å²) >= 11 is 5.93. The first kappa shape index (κ1) is 17.7.